The summed E-state index contributed by atoms with van der Waals surface area (Å²) in [6.07, 6.45) is 7.74. The van der Waals surface area contributed by atoms with Crippen LogP contribution in [0.1, 0.15) is 35.4 Å². The van der Waals surface area contributed by atoms with Crippen LogP contribution in [0.25, 0.3) is 6.08 Å². The lowest BCUT2D eigenvalue weighted by Gasteiger charge is -2.24. The number of ether oxygens (including phenoxy) is 1. The molecule has 1 amide bonds. The lowest BCUT2D eigenvalue weighted by Crippen LogP contribution is -2.37. The second kappa shape index (κ2) is 9.64. The van der Waals surface area contributed by atoms with E-state index in [9.17, 15) is 4.79 Å². The Bertz CT molecular complexity index is 721. The van der Waals surface area contributed by atoms with Crippen molar-refractivity contribution in [2.45, 2.75) is 38.7 Å². The molecule has 4 nitrogen and oxygen atoms in total. The van der Waals surface area contributed by atoms with Crippen molar-refractivity contribution in [2.24, 2.45) is 0 Å². The molecule has 0 aliphatic carbocycles. The van der Waals surface area contributed by atoms with Crippen LogP contribution in [0, 0.1) is 6.92 Å². The number of carbonyl (C=O) groups excluding carboxylic acids is 1. The summed E-state index contributed by atoms with van der Waals surface area (Å²) in [6, 6.07) is 10.2. The van der Waals surface area contributed by atoms with E-state index in [2.05, 4.69) is 29.3 Å². The summed E-state index contributed by atoms with van der Waals surface area (Å²) in [5.41, 5.74) is 4.04. The van der Waals surface area contributed by atoms with Crippen LogP contribution in [0.2, 0.25) is 0 Å². The number of nitrogens with zero attached hydrogens (tertiary/aromatic N) is 2. The van der Waals surface area contributed by atoms with E-state index < -0.39 is 0 Å². The van der Waals surface area contributed by atoms with Crippen molar-refractivity contribution in [3.05, 3.63) is 58.1 Å². The SMILES string of the molecule is Cc1ncsc1CCC(=O)N(CC=Cc1ccccc1)CC1CCCO1. The Morgan fingerprint density at radius 1 is 1.38 bits per heavy atom. The van der Waals surface area contributed by atoms with Gasteiger partial charge < -0.3 is 9.64 Å². The highest BCUT2D eigenvalue weighted by Gasteiger charge is 2.22. The molecule has 1 fully saturated rings. The molecule has 0 N–H and O–H groups in total. The van der Waals surface area contributed by atoms with Gasteiger partial charge in [0.15, 0.2) is 0 Å². The summed E-state index contributed by atoms with van der Waals surface area (Å²) in [5.74, 6) is 0.186. The van der Waals surface area contributed by atoms with Gasteiger partial charge in [-0.25, -0.2) is 4.98 Å². The van der Waals surface area contributed by atoms with Gasteiger partial charge in [0.05, 0.1) is 17.3 Å². The van der Waals surface area contributed by atoms with E-state index in [0.29, 0.717) is 19.5 Å². The third-order valence-corrected chi connectivity index (χ3v) is 5.64. The molecule has 0 saturated carbocycles. The molecule has 1 aromatic carbocycles. The molecule has 0 radical (unpaired) electrons. The van der Waals surface area contributed by atoms with E-state index in [-0.39, 0.29) is 12.0 Å². The maximum Gasteiger partial charge on any atom is 0.223 e. The zero-order chi connectivity index (χ0) is 18.2. The number of thiazole rings is 1. The molecule has 0 bridgehead atoms. The van der Waals surface area contributed by atoms with Crippen LogP contribution >= 0.6 is 11.3 Å². The average Bonchev–Trinajstić information content (AvgIpc) is 3.31. The van der Waals surface area contributed by atoms with Crippen molar-refractivity contribution in [1.82, 2.24) is 9.88 Å². The molecule has 1 aliphatic rings. The summed E-state index contributed by atoms with van der Waals surface area (Å²) >= 11 is 1.63. The Morgan fingerprint density at radius 2 is 2.23 bits per heavy atom. The second-order valence-electron chi connectivity index (χ2n) is 6.61. The first-order chi connectivity index (χ1) is 12.7. The molecule has 1 unspecified atom stereocenters. The molecule has 2 aromatic rings. The lowest BCUT2D eigenvalue weighted by atomic mass is 10.1. The molecule has 138 valence electrons. The van der Waals surface area contributed by atoms with Crippen molar-refractivity contribution in [3.63, 3.8) is 0 Å². The minimum absolute atomic E-state index is 0.175. The highest BCUT2D eigenvalue weighted by Crippen LogP contribution is 2.17. The van der Waals surface area contributed by atoms with Crippen LogP contribution in [0.15, 0.2) is 41.9 Å². The largest absolute Gasteiger partial charge is 0.376 e. The topological polar surface area (TPSA) is 42.4 Å². The highest BCUT2D eigenvalue weighted by atomic mass is 32.1. The number of benzene rings is 1. The van der Waals surface area contributed by atoms with Gasteiger partial charge >= 0.3 is 0 Å². The predicted octanol–water partition coefficient (Wildman–Crippen LogP) is 4.11. The first-order valence-electron chi connectivity index (χ1n) is 9.22. The average molecular weight is 371 g/mol. The Morgan fingerprint density at radius 3 is 2.92 bits per heavy atom. The van der Waals surface area contributed by atoms with Crippen molar-refractivity contribution in [2.75, 3.05) is 19.7 Å². The number of carbonyl (C=O) groups is 1. The molecule has 3 rings (SSSR count). The fourth-order valence-electron chi connectivity index (χ4n) is 3.14. The smallest absolute Gasteiger partial charge is 0.223 e. The molecular weight excluding hydrogens is 344 g/mol. The van der Waals surface area contributed by atoms with E-state index in [4.69, 9.17) is 4.74 Å². The van der Waals surface area contributed by atoms with Gasteiger partial charge in [-0.15, -0.1) is 11.3 Å². The predicted molar refractivity (Wildman–Crippen MR) is 106 cm³/mol. The molecular formula is C21H26N2O2S. The molecule has 0 spiro atoms. The van der Waals surface area contributed by atoms with Crippen molar-refractivity contribution < 1.29 is 9.53 Å². The molecule has 5 heteroatoms. The zero-order valence-corrected chi connectivity index (χ0v) is 16.1. The van der Waals surface area contributed by atoms with Gasteiger partial charge in [-0.05, 0) is 31.7 Å². The summed E-state index contributed by atoms with van der Waals surface area (Å²) in [6.45, 7) is 4.12. The van der Waals surface area contributed by atoms with Crippen LogP contribution in [0.3, 0.4) is 0 Å². The fraction of sp³-hybridized carbons (Fsp3) is 0.429. The van der Waals surface area contributed by atoms with Gasteiger partial charge in [-0.3, -0.25) is 4.79 Å². The lowest BCUT2D eigenvalue weighted by molar-refractivity contribution is -0.132. The number of hydrogen-bond acceptors (Lipinski definition) is 4. The van der Waals surface area contributed by atoms with Gasteiger partial charge in [0.1, 0.15) is 0 Å². The minimum atomic E-state index is 0.175. The standard InChI is InChI=1S/C21H26N2O2S/c1-17-20(26-16-22-17)11-12-21(24)23(15-19-10-6-14-25-19)13-5-9-18-7-3-2-4-8-18/h2-5,7-9,16,19H,6,10-15H2,1H3. The summed E-state index contributed by atoms with van der Waals surface area (Å²) < 4.78 is 5.74. The van der Waals surface area contributed by atoms with Crippen molar-refractivity contribution in [1.29, 1.82) is 0 Å². The third-order valence-electron chi connectivity index (χ3n) is 4.65. The fourth-order valence-corrected chi connectivity index (χ4v) is 3.92. The Balaban J connectivity index is 1.58. The van der Waals surface area contributed by atoms with E-state index in [1.807, 2.05) is 35.5 Å². The van der Waals surface area contributed by atoms with Gasteiger partial charge in [0.2, 0.25) is 5.91 Å². The molecule has 1 aromatic heterocycles. The number of aromatic nitrogens is 1. The number of hydrogen-bond donors (Lipinski definition) is 0. The maximum absolute atomic E-state index is 12.8. The monoisotopic (exact) mass is 370 g/mol. The van der Waals surface area contributed by atoms with E-state index >= 15 is 0 Å². The molecule has 1 aliphatic heterocycles. The number of rotatable bonds is 8. The van der Waals surface area contributed by atoms with Gasteiger partial charge in [0.25, 0.3) is 0 Å². The molecule has 1 atom stereocenters. The Labute approximate surface area is 159 Å². The van der Waals surface area contributed by atoms with Crippen molar-refractivity contribution in [3.8, 4) is 0 Å². The maximum atomic E-state index is 12.8. The molecule has 26 heavy (non-hydrogen) atoms. The van der Waals surface area contributed by atoms with Crippen LogP contribution in [0.5, 0.6) is 0 Å². The van der Waals surface area contributed by atoms with Gasteiger partial charge in [-0.2, -0.15) is 0 Å². The van der Waals surface area contributed by atoms with Crippen LogP contribution in [-0.4, -0.2) is 41.6 Å². The quantitative estimate of drug-likeness (QED) is 0.702. The third kappa shape index (κ3) is 5.51. The Hall–Kier alpha value is -1.98. The van der Waals surface area contributed by atoms with Gasteiger partial charge in [0, 0.05) is 31.0 Å². The first kappa shape index (κ1) is 18.8. The van der Waals surface area contributed by atoms with E-state index in [1.165, 1.54) is 4.88 Å². The molecule has 2 heterocycles. The van der Waals surface area contributed by atoms with E-state index in [1.54, 1.807) is 11.3 Å². The van der Waals surface area contributed by atoms with Crippen LogP contribution in [-0.2, 0) is 16.0 Å². The van der Waals surface area contributed by atoms with Gasteiger partial charge in [-0.1, -0.05) is 42.5 Å². The second-order valence-corrected chi connectivity index (χ2v) is 7.55. The van der Waals surface area contributed by atoms with Crippen molar-refractivity contribution >= 4 is 23.3 Å². The normalized spacial score (nSPS) is 17.0. The van der Waals surface area contributed by atoms with Crippen LogP contribution in [0.4, 0.5) is 0 Å². The zero-order valence-electron chi connectivity index (χ0n) is 15.3. The molecule has 1 saturated heterocycles. The summed E-state index contributed by atoms with van der Waals surface area (Å²) in [5, 5.41) is 0. The Kier molecular flexibility index (Phi) is 6.97. The first-order valence-corrected chi connectivity index (χ1v) is 10.1. The summed E-state index contributed by atoms with van der Waals surface area (Å²) in [4.78, 5) is 20.2. The summed E-state index contributed by atoms with van der Waals surface area (Å²) in [7, 11) is 0. The number of amides is 1. The van der Waals surface area contributed by atoms with Crippen LogP contribution < -0.4 is 0 Å². The number of aryl methyl sites for hydroxylation is 2. The van der Waals surface area contributed by atoms with E-state index in [0.717, 1.165) is 37.1 Å². The minimum Gasteiger partial charge on any atom is -0.376 e. The highest BCUT2D eigenvalue weighted by molar-refractivity contribution is 7.09.